The van der Waals surface area contributed by atoms with Crippen LogP contribution in [0, 0.1) is 53.6 Å². The van der Waals surface area contributed by atoms with E-state index < -0.39 is 35.2 Å². The van der Waals surface area contributed by atoms with Crippen molar-refractivity contribution in [1.82, 2.24) is 57.7 Å². The Bertz CT molecular complexity index is 4990. The van der Waals surface area contributed by atoms with Crippen LogP contribution in [0.5, 0.6) is 0 Å². The number of hydrogen-bond donors (Lipinski definition) is 4. The molecule has 29 heteroatoms. The predicted octanol–water partition coefficient (Wildman–Crippen LogP) is 16.8. The molecule has 0 spiro atoms. The Hall–Kier alpha value is -10.8. The molecule has 0 atom stereocenters. The number of nitrogens with zero attached hydrogens (tertiary/aromatic N) is 12. The smallest absolute Gasteiger partial charge is 0.354 e. The predicted molar refractivity (Wildman–Crippen MR) is 404 cm³/mol. The molecule has 597 valence electrons. The van der Waals surface area contributed by atoms with Crippen molar-refractivity contribution < 1.29 is 158 Å². The molecule has 0 aliphatic rings. The van der Waals surface area contributed by atoms with Gasteiger partial charge in [-0.15, -0.1) is 126 Å². The van der Waals surface area contributed by atoms with Gasteiger partial charge in [-0.25, -0.2) is 19.6 Å². The molecule has 5 radical (unpaired) electrons. The fraction of sp³-hybridized carbons (Fsp3) is 0.107. The number of aromatic nitrogens is 12. The molecule has 0 aliphatic heterocycles. The molecule has 0 saturated carbocycles. The molecule has 0 saturated heterocycles. The molecule has 14 aromatic rings. The van der Waals surface area contributed by atoms with E-state index in [0.717, 1.165) is 70.3 Å². The topological polar surface area (TPSA) is 264 Å². The number of pyridine rings is 2. The summed E-state index contributed by atoms with van der Waals surface area (Å²) in [6.07, 6.45) is 23.1. The van der Waals surface area contributed by atoms with E-state index >= 15 is 0 Å². The zero-order valence-corrected chi connectivity index (χ0v) is 73.6. The molecular formula is C84H75F4Ir5N12O8-5. The zero-order chi connectivity index (χ0) is 78.3. The van der Waals surface area contributed by atoms with Gasteiger partial charge < -0.3 is 43.3 Å². The summed E-state index contributed by atoms with van der Waals surface area (Å²) < 4.78 is 61.0. The molecule has 0 aliphatic carbocycles. The first kappa shape index (κ1) is 100. The number of aromatic carboxylic acids is 2. The van der Waals surface area contributed by atoms with Crippen LogP contribution in [0.2, 0.25) is 0 Å². The summed E-state index contributed by atoms with van der Waals surface area (Å²) in [5, 5.41) is 33.4. The molecule has 0 unspecified atom stereocenters. The summed E-state index contributed by atoms with van der Waals surface area (Å²) in [4.78, 5) is 68.4. The van der Waals surface area contributed by atoms with Crippen LogP contribution in [0.25, 0.3) is 67.5 Å². The molecule has 0 amide bonds. The van der Waals surface area contributed by atoms with Crippen LogP contribution in [0.15, 0.2) is 287 Å². The fourth-order valence-electron chi connectivity index (χ4n) is 9.06. The van der Waals surface area contributed by atoms with Crippen LogP contribution in [-0.4, -0.2) is 102 Å². The van der Waals surface area contributed by atoms with Gasteiger partial charge in [-0.2, -0.15) is 0 Å². The maximum Gasteiger partial charge on any atom is 0.354 e. The Kier molecular flexibility index (Phi) is 47.9. The Balaban J connectivity index is 0.000000644. The third kappa shape index (κ3) is 36.9. The van der Waals surface area contributed by atoms with Gasteiger partial charge in [0.1, 0.15) is 11.4 Å². The maximum absolute atomic E-state index is 13.2. The number of ketones is 2. The van der Waals surface area contributed by atoms with Gasteiger partial charge in [0.2, 0.25) is 0 Å². The van der Waals surface area contributed by atoms with E-state index in [1.807, 2.05) is 133 Å². The van der Waals surface area contributed by atoms with Gasteiger partial charge in [-0.1, -0.05) is 107 Å². The summed E-state index contributed by atoms with van der Waals surface area (Å²) in [6, 6.07) is 70.4. The monoisotopic (exact) mass is 2420 g/mol. The number of allylic oxidation sites excluding steroid dienone is 4. The Morgan fingerprint density at radius 3 is 1.17 bits per heavy atom. The molecular weight excluding hydrogens is 2340 g/mol. The van der Waals surface area contributed by atoms with E-state index in [2.05, 4.69) is 118 Å². The number of aliphatic hydroxyl groups is 2. The minimum atomic E-state index is -0.990. The van der Waals surface area contributed by atoms with Crippen LogP contribution in [0.1, 0.15) is 54.2 Å². The van der Waals surface area contributed by atoms with Gasteiger partial charge in [0, 0.05) is 218 Å². The van der Waals surface area contributed by atoms with E-state index in [4.69, 9.17) is 20.4 Å². The van der Waals surface area contributed by atoms with Crippen molar-refractivity contribution in [1.29, 1.82) is 0 Å². The summed E-state index contributed by atoms with van der Waals surface area (Å²) in [6.45, 7) is 6.54. The number of carbonyl (C=O) groups excluding carboxylic acids is 2. The number of carbonyl (C=O) groups is 4. The first-order valence-corrected chi connectivity index (χ1v) is 32.6. The Labute approximate surface area is 720 Å². The van der Waals surface area contributed by atoms with Crippen molar-refractivity contribution in [3.63, 3.8) is 0 Å². The van der Waals surface area contributed by atoms with Crippen LogP contribution >= 0.6 is 0 Å². The Morgan fingerprint density at radius 2 is 0.823 bits per heavy atom. The van der Waals surface area contributed by atoms with Gasteiger partial charge in [0.05, 0.1) is 42.7 Å². The van der Waals surface area contributed by atoms with Crippen molar-refractivity contribution in [2.75, 3.05) is 0 Å². The number of carboxylic acid groups (broad SMARTS) is 2. The van der Waals surface area contributed by atoms with Crippen molar-refractivity contribution in [2.24, 2.45) is 28.2 Å². The van der Waals surface area contributed by atoms with Gasteiger partial charge in [0.15, 0.2) is 11.6 Å². The summed E-state index contributed by atoms with van der Waals surface area (Å²) in [7, 11) is 7.51. The largest absolute Gasteiger partial charge is 0.512 e. The number of aliphatic hydroxyl groups excluding tert-OH is 2. The van der Waals surface area contributed by atoms with E-state index in [9.17, 15) is 36.7 Å². The number of rotatable bonds is 12. The van der Waals surface area contributed by atoms with Crippen LogP contribution in [-0.2, 0) is 145 Å². The second kappa shape index (κ2) is 54.0. The molecule has 113 heavy (non-hydrogen) atoms. The number of benzene rings is 7. The van der Waals surface area contributed by atoms with E-state index in [-0.39, 0.29) is 146 Å². The van der Waals surface area contributed by atoms with Gasteiger partial charge >= 0.3 is 11.9 Å². The number of carboxylic acids is 2. The van der Waals surface area contributed by atoms with Crippen molar-refractivity contribution in [3.8, 4) is 67.5 Å². The number of hydrogen-bond acceptors (Lipinski definition) is 13. The van der Waals surface area contributed by atoms with Crippen LogP contribution in [0.4, 0.5) is 17.6 Å². The standard InChI is InChI=1S/2C16H13N2.2C10H7F2N2.C10H9N2.2C6H5NO2.2C5H8O2.5Ir/c1-18-12-11-17-16(18)15-10-6-5-9-14(15)13-7-3-2-4-8-13;1-3-7-14(8-4-1)11-18-12-16(17-13-18)15-9-5-2-6-10-15;2*1-14-5-10(13-6-14)8-3-2-7(11)4-9(8)12;1-12-7-10(11-8-12)9-5-3-2-4-6-9;2*8-6(9)5-3-1-2-4-7-5;2*1-4(6)3-5(2)7;;;;;/h2-9,11-12H,1H3;1-9,12-13H,11H2;2*2,4-6H,1H3;2-5,7-8H,1H3;2*1-4H,(H,8,9);2*3,6H,1-2H3;;;;;/q5*-1;;;;;;;;;. The SMILES string of the molecule is CC(=O)C=C(C)O.CC(=O)C=C(C)O.Cn1ccnc1-c1[c-]cccc1-c1ccccc1.Cn1cnc(-c2[c-]cc(F)cc2F)c1.Cn1cnc(-c2[c-]cc(F)cc2F)c1.Cn1cnc(-c2[c-]cccc2)c1.O=C(O)c1ccccn1.O=C(O)c1ccccn1.[Ir].[Ir].[Ir].[Ir].[Ir].[c-]1ccccc1-c1cn(Cc2ccccc2)cn1. The zero-order valence-electron chi connectivity index (χ0n) is 61.7. The molecule has 20 nitrogen and oxygen atoms in total. The average Bonchev–Trinajstić information content (AvgIpc) is 1.80. The minimum absolute atomic E-state index is 0. The fourth-order valence-corrected chi connectivity index (χ4v) is 9.06. The number of aryl methyl sites for hydroxylation is 4. The molecule has 7 aromatic carbocycles. The molecule has 14 rings (SSSR count). The maximum atomic E-state index is 13.2. The number of imidazole rings is 5. The van der Waals surface area contributed by atoms with Crippen molar-refractivity contribution in [3.05, 3.63) is 357 Å². The van der Waals surface area contributed by atoms with Crippen molar-refractivity contribution in [2.45, 2.75) is 34.2 Å². The summed E-state index contributed by atoms with van der Waals surface area (Å²) >= 11 is 0. The molecule has 0 fully saturated rings. The van der Waals surface area contributed by atoms with E-state index in [1.165, 1.54) is 75.5 Å². The van der Waals surface area contributed by atoms with Gasteiger partial charge in [0.25, 0.3) is 0 Å². The van der Waals surface area contributed by atoms with Crippen LogP contribution < -0.4 is 0 Å². The molecule has 7 heterocycles. The minimum Gasteiger partial charge on any atom is -0.512 e. The van der Waals surface area contributed by atoms with Gasteiger partial charge in [-0.05, 0) is 82.3 Å². The van der Waals surface area contributed by atoms with E-state index in [1.54, 1.807) is 78.9 Å². The summed E-state index contributed by atoms with van der Waals surface area (Å²) in [5.41, 5.74) is 10.1. The average molecular weight is 2420 g/mol. The molecule has 7 aromatic heterocycles. The first-order valence-electron chi connectivity index (χ1n) is 32.6. The van der Waals surface area contributed by atoms with E-state index in [0.29, 0.717) is 11.4 Å². The van der Waals surface area contributed by atoms with Gasteiger partial charge in [-0.3, -0.25) is 52.1 Å². The Morgan fingerprint density at radius 1 is 0.416 bits per heavy atom. The second-order valence-corrected chi connectivity index (χ2v) is 22.8. The van der Waals surface area contributed by atoms with Crippen molar-refractivity contribution >= 4 is 23.5 Å². The third-order valence-corrected chi connectivity index (χ3v) is 13.7. The third-order valence-electron chi connectivity index (χ3n) is 13.7. The quantitative estimate of drug-likeness (QED) is 0.0383. The summed E-state index contributed by atoms with van der Waals surface area (Å²) in [5.74, 6) is -3.74. The first-order chi connectivity index (χ1) is 51.8. The second-order valence-electron chi connectivity index (χ2n) is 22.8. The number of halogens is 4. The van der Waals surface area contributed by atoms with Crippen LogP contribution in [0.3, 0.4) is 0 Å². The molecule has 4 N–H and O–H groups in total. The molecule has 0 bridgehead atoms. The normalized spacial score (nSPS) is 9.84.